The van der Waals surface area contributed by atoms with E-state index in [2.05, 4.69) is 37.0 Å². The van der Waals surface area contributed by atoms with Gasteiger partial charge in [0.1, 0.15) is 5.75 Å². The van der Waals surface area contributed by atoms with Crippen LogP contribution < -0.4 is 0 Å². The van der Waals surface area contributed by atoms with Crippen LogP contribution in [0.3, 0.4) is 0 Å². The Kier molecular flexibility index (Phi) is 4.46. The van der Waals surface area contributed by atoms with Crippen molar-refractivity contribution in [2.75, 3.05) is 6.54 Å². The van der Waals surface area contributed by atoms with E-state index >= 15 is 0 Å². The molecule has 0 amide bonds. The van der Waals surface area contributed by atoms with Crippen molar-refractivity contribution < 1.29 is 5.11 Å². The highest BCUT2D eigenvalue weighted by Crippen LogP contribution is 2.38. The van der Waals surface area contributed by atoms with Crippen molar-refractivity contribution in [1.82, 2.24) is 0 Å². The monoisotopic (exact) mass is 281 g/mol. The number of aryl methyl sites for hydroxylation is 1. The van der Waals surface area contributed by atoms with Crippen LogP contribution in [0.1, 0.15) is 43.0 Å². The normalized spacial score (nSPS) is 12.0. The summed E-state index contributed by atoms with van der Waals surface area (Å²) in [6, 6.07) is 14.3. The number of benzene rings is 2. The second kappa shape index (κ2) is 6.13. The number of hydrogen-bond donors (Lipinski definition) is 1. The van der Waals surface area contributed by atoms with Gasteiger partial charge in [0, 0.05) is 29.3 Å². The number of phenolic OH excluding ortho intramolecular Hbond substituents is 1. The Morgan fingerprint density at radius 2 is 1.81 bits per heavy atom. The van der Waals surface area contributed by atoms with Crippen molar-refractivity contribution in [2.45, 2.75) is 33.1 Å². The second-order valence-electron chi connectivity index (χ2n) is 5.87. The van der Waals surface area contributed by atoms with Gasteiger partial charge in [0.2, 0.25) is 0 Å². The number of rotatable bonds is 4. The molecule has 21 heavy (non-hydrogen) atoms. The van der Waals surface area contributed by atoms with Crippen LogP contribution in [-0.4, -0.2) is 17.9 Å². The third-order valence-corrected chi connectivity index (χ3v) is 3.87. The lowest BCUT2D eigenvalue weighted by molar-refractivity contribution is 0.452. The lowest BCUT2D eigenvalue weighted by atomic mass is 9.76. The van der Waals surface area contributed by atoms with Crippen LogP contribution in [0.15, 0.2) is 47.5 Å². The first kappa shape index (κ1) is 15.3. The van der Waals surface area contributed by atoms with E-state index in [0.717, 1.165) is 16.7 Å². The Bertz CT molecular complexity index is 642. The van der Waals surface area contributed by atoms with Gasteiger partial charge in [-0.3, -0.25) is 4.99 Å². The fraction of sp³-hybridized carbons (Fsp3) is 0.316. The highest BCUT2D eigenvalue weighted by Gasteiger charge is 2.27. The predicted molar refractivity (Wildman–Crippen MR) is 89.5 cm³/mol. The zero-order chi connectivity index (χ0) is 15.5. The highest BCUT2D eigenvalue weighted by atomic mass is 16.3. The third-order valence-electron chi connectivity index (χ3n) is 3.87. The average molecular weight is 281 g/mol. The maximum Gasteiger partial charge on any atom is 0.128 e. The Labute approximate surface area is 127 Å². The average Bonchev–Trinajstić information content (AvgIpc) is 2.48. The molecule has 2 heteroatoms. The van der Waals surface area contributed by atoms with E-state index in [1.807, 2.05) is 38.1 Å². The first-order valence-corrected chi connectivity index (χ1v) is 7.36. The van der Waals surface area contributed by atoms with Crippen LogP contribution in [0, 0.1) is 6.92 Å². The first-order chi connectivity index (χ1) is 9.96. The maximum absolute atomic E-state index is 10.6. The van der Waals surface area contributed by atoms with E-state index in [1.54, 1.807) is 6.21 Å². The van der Waals surface area contributed by atoms with E-state index < -0.39 is 0 Å². The molecule has 0 saturated carbocycles. The van der Waals surface area contributed by atoms with Gasteiger partial charge in [-0.1, -0.05) is 50.2 Å². The van der Waals surface area contributed by atoms with Crippen LogP contribution in [0.4, 0.5) is 0 Å². The fourth-order valence-corrected chi connectivity index (χ4v) is 2.58. The van der Waals surface area contributed by atoms with Gasteiger partial charge in [-0.15, -0.1) is 0 Å². The zero-order valence-electron chi connectivity index (χ0n) is 13.2. The molecule has 1 N–H and O–H groups in total. The summed E-state index contributed by atoms with van der Waals surface area (Å²) >= 11 is 0. The van der Waals surface area contributed by atoms with Crippen molar-refractivity contribution in [1.29, 1.82) is 0 Å². The van der Waals surface area contributed by atoms with Gasteiger partial charge in [0.15, 0.2) is 0 Å². The Morgan fingerprint density at radius 3 is 2.43 bits per heavy atom. The largest absolute Gasteiger partial charge is 0.507 e. The van der Waals surface area contributed by atoms with Gasteiger partial charge in [-0.05, 0) is 31.0 Å². The van der Waals surface area contributed by atoms with Crippen LogP contribution in [0.5, 0.6) is 5.75 Å². The molecule has 0 aliphatic rings. The number of phenols is 1. The van der Waals surface area contributed by atoms with Gasteiger partial charge in [0.05, 0.1) is 0 Å². The summed E-state index contributed by atoms with van der Waals surface area (Å²) in [7, 11) is 0. The summed E-state index contributed by atoms with van der Waals surface area (Å²) in [5.74, 6) is 0.326. The van der Waals surface area contributed by atoms with E-state index in [9.17, 15) is 5.11 Å². The zero-order valence-corrected chi connectivity index (χ0v) is 13.2. The van der Waals surface area contributed by atoms with Crippen molar-refractivity contribution in [3.8, 4) is 5.75 Å². The van der Waals surface area contributed by atoms with Crippen molar-refractivity contribution >= 4 is 6.21 Å². The highest BCUT2D eigenvalue weighted by molar-refractivity contribution is 5.85. The lowest BCUT2D eigenvalue weighted by Gasteiger charge is -2.28. The Morgan fingerprint density at radius 1 is 1.14 bits per heavy atom. The number of aromatic hydroxyl groups is 1. The van der Waals surface area contributed by atoms with Crippen LogP contribution in [-0.2, 0) is 5.41 Å². The molecule has 0 radical (unpaired) electrons. The number of aliphatic imine (C=N–C) groups is 1. The number of hydrogen-bond acceptors (Lipinski definition) is 2. The molecule has 0 aromatic heterocycles. The Hall–Kier alpha value is -2.09. The molecular formula is C19H23NO. The molecule has 0 aliphatic carbocycles. The van der Waals surface area contributed by atoms with E-state index in [-0.39, 0.29) is 5.41 Å². The van der Waals surface area contributed by atoms with Crippen LogP contribution in [0.2, 0.25) is 0 Å². The molecule has 0 spiro atoms. The molecule has 0 saturated heterocycles. The molecule has 0 unspecified atom stereocenters. The SMILES string of the molecule is CCN=Cc1cc(C)cc(C(C)(C)c2ccccc2)c1O. The maximum atomic E-state index is 10.6. The molecule has 110 valence electrons. The molecule has 2 rings (SSSR count). The quantitative estimate of drug-likeness (QED) is 0.824. The summed E-state index contributed by atoms with van der Waals surface area (Å²) in [5.41, 5.74) is 3.78. The van der Waals surface area contributed by atoms with Crippen LogP contribution in [0.25, 0.3) is 0 Å². The third kappa shape index (κ3) is 3.15. The summed E-state index contributed by atoms with van der Waals surface area (Å²) in [5, 5.41) is 10.6. The van der Waals surface area contributed by atoms with Gasteiger partial charge >= 0.3 is 0 Å². The molecule has 0 aliphatic heterocycles. The smallest absolute Gasteiger partial charge is 0.128 e. The summed E-state index contributed by atoms with van der Waals surface area (Å²) in [6.45, 7) is 9.02. The van der Waals surface area contributed by atoms with Gasteiger partial charge in [0.25, 0.3) is 0 Å². The molecule has 0 heterocycles. The van der Waals surface area contributed by atoms with Crippen molar-refractivity contribution in [3.63, 3.8) is 0 Å². The summed E-state index contributed by atoms with van der Waals surface area (Å²) in [4.78, 5) is 4.25. The lowest BCUT2D eigenvalue weighted by Crippen LogP contribution is -2.19. The van der Waals surface area contributed by atoms with Gasteiger partial charge in [-0.2, -0.15) is 0 Å². The minimum atomic E-state index is -0.258. The predicted octanol–water partition coefficient (Wildman–Crippen LogP) is 4.47. The standard InChI is InChI=1S/C19H23NO/c1-5-20-13-15-11-14(2)12-17(18(15)21)19(3,4)16-9-7-6-8-10-16/h6-13,21H,5H2,1-4H3. The Balaban J connectivity index is 2.58. The minimum absolute atomic E-state index is 0.258. The summed E-state index contributed by atoms with van der Waals surface area (Å²) < 4.78 is 0. The van der Waals surface area contributed by atoms with E-state index in [4.69, 9.17) is 0 Å². The molecule has 2 aromatic rings. The molecule has 0 bridgehead atoms. The summed E-state index contributed by atoms with van der Waals surface area (Å²) in [6.07, 6.45) is 1.76. The first-order valence-electron chi connectivity index (χ1n) is 7.36. The molecule has 0 fully saturated rings. The fourth-order valence-electron chi connectivity index (χ4n) is 2.58. The van der Waals surface area contributed by atoms with E-state index in [0.29, 0.717) is 12.3 Å². The van der Waals surface area contributed by atoms with Gasteiger partial charge < -0.3 is 5.11 Å². The van der Waals surface area contributed by atoms with E-state index in [1.165, 1.54) is 5.56 Å². The molecule has 0 atom stereocenters. The van der Waals surface area contributed by atoms with Crippen molar-refractivity contribution in [2.24, 2.45) is 4.99 Å². The van der Waals surface area contributed by atoms with Crippen molar-refractivity contribution in [3.05, 3.63) is 64.7 Å². The number of nitrogens with zero attached hydrogens (tertiary/aromatic N) is 1. The minimum Gasteiger partial charge on any atom is -0.507 e. The molecule has 2 aromatic carbocycles. The second-order valence-corrected chi connectivity index (χ2v) is 5.87. The van der Waals surface area contributed by atoms with Crippen LogP contribution >= 0.6 is 0 Å². The van der Waals surface area contributed by atoms with Gasteiger partial charge in [-0.25, -0.2) is 0 Å². The molecule has 2 nitrogen and oxygen atoms in total. The topological polar surface area (TPSA) is 32.6 Å². The molecular weight excluding hydrogens is 258 g/mol.